The van der Waals surface area contributed by atoms with Gasteiger partial charge in [-0.1, -0.05) is 13.8 Å². The molecule has 0 aromatic heterocycles. The van der Waals surface area contributed by atoms with Crippen molar-refractivity contribution in [2.24, 2.45) is 5.92 Å². The number of urea groups is 1. The first-order valence-electron chi connectivity index (χ1n) is 5.74. The lowest BCUT2D eigenvalue weighted by Crippen LogP contribution is -2.44. The number of nitrogens with one attached hydrogen (secondary N) is 2. The number of aliphatic carboxylic acids is 1. The van der Waals surface area contributed by atoms with Crippen molar-refractivity contribution in [3.8, 4) is 0 Å². The molecule has 0 aliphatic heterocycles. The second kappa shape index (κ2) is 8.81. The molecule has 3 N–H and O–H groups in total. The van der Waals surface area contributed by atoms with Crippen LogP contribution in [-0.2, 0) is 9.53 Å². The van der Waals surface area contributed by atoms with Crippen LogP contribution < -0.4 is 10.6 Å². The van der Waals surface area contributed by atoms with Crippen LogP contribution in [0, 0.1) is 5.92 Å². The minimum Gasteiger partial charge on any atom is -0.481 e. The second-order valence-corrected chi connectivity index (χ2v) is 4.12. The number of carboxylic acids is 1. The summed E-state index contributed by atoms with van der Waals surface area (Å²) in [6, 6.07) is -0.661. The van der Waals surface area contributed by atoms with Gasteiger partial charge in [0, 0.05) is 19.7 Å². The van der Waals surface area contributed by atoms with Gasteiger partial charge in [-0.15, -0.1) is 0 Å². The first kappa shape index (κ1) is 15.7. The van der Waals surface area contributed by atoms with Gasteiger partial charge in [0.1, 0.15) is 0 Å². The summed E-state index contributed by atoms with van der Waals surface area (Å²) >= 11 is 0. The van der Waals surface area contributed by atoms with Crippen LogP contribution in [0.25, 0.3) is 0 Å². The lowest BCUT2D eigenvalue weighted by Gasteiger charge is -2.17. The second-order valence-electron chi connectivity index (χ2n) is 4.12. The molecule has 0 aliphatic rings. The number of carbonyl (C=O) groups excluding carboxylic acids is 1. The van der Waals surface area contributed by atoms with E-state index in [1.165, 1.54) is 0 Å². The largest absolute Gasteiger partial charge is 0.481 e. The van der Waals surface area contributed by atoms with E-state index in [4.69, 9.17) is 9.84 Å². The maximum atomic E-state index is 11.4. The van der Waals surface area contributed by atoms with Crippen LogP contribution in [0.2, 0.25) is 0 Å². The topological polar surface area (TPSA) is 87.7 Å². The Morgan fingerprint density at radius 3 is 2.53 bits per heavy atom. The standard InChI is InChI=1S/C11H22N2O4/c1-4-9(5-10(14)15)13-11(16)12-6-8(2)7-17-3/h8-9H,4-7H2,1-3H3,(H,14,15)(H2,12,13,16). The van der Waals surface area contributed by atoms with E-state index in [0.717, 1.165) is 0 Å². The number of methoxy groups -OCH3 is 1. The highest BCUT2D eigenvalue weighted by Crippen LogP contribution is 1.97. The highest BCUT2D eigenvalue weighted by atomic mass is 16.5. The van der Waals surface area contributed by atoms with Crippen LogP contribution in [-0.4, -0.2) is 43.4 Å². The van der Waals surface area contributed by atoms with Crippen molar-refractivity contribution < 1.29 is 19.4 Å². The summed E-state index contributed by atoms with van der Waals surface area (Å²) in [4.78, 5) is 22.0. The summed E-state index contributed by atoms with van der Waals surface area (Å²) in [7, 11) is 1.61. The fourth-order valence-electron chi connectivity index (χ4n) is 1.36. The molecule has 0 aromatic rings. The maximum Gasteiger partial charge on any atom is 0.315 e. The third kappa shape index (κ3) is 8.50. The Morgan fingerprint density at radius 2 is 2.06 bits per heavy atom. The number of amides is 2. The monoisotopic (exact) mass is 246 g/mol. The van der Waals surface area contributed by atoms with E-state index < -0.39 is 5.97 Å². The van der Waals surface area contributed by atoms with Gasteiger partial charge in [-0.2, -0.15) is 0 Å². The van der Waals surface area contributed by atoms with Crippen molar-refractivity contribution in [3.05, 3.63) is 0 Å². The van der Waals surface area contributed by atoms with Crippen molar-refractivity contribution in [3.63, 3.8) is 0 Å². The van der Waals surface area contributed by atoms with Crippen molar-refractivity contribution >= 4 is 12.0 Å². The van der Waals surface area contributed by atoms with Gasteiger partial charge in [-0.25, -0.2) is 4.79 Å². The number of hydrogen-bond acceptors (Lipinski definition) is 3. The number of ether oxygens (including phenoxy) is 1. The normalized spacial score (nSPS) is 13.8. The van der Waals surface area contributed by atoms with E-state index >= 15 is 0 Å². The van der Waals surface area contributed by atoms with Gasteiger partial charge in [0.15, 0.2) is 0 Å². The summed E-state index contributed by atoms with van der Waals surface area (Å²) in [6.45, 7) is 4.87. The van der Waals surface area contributed by atoms with Gasteiger partial charge in [0.25, 0.3) is 0 Å². The maximum absolute atomic E-state index is 11.4. The molecule has 100 valence electrons. The number of carboxylic acid groups (broad SMARTS) is 1. The molecule has 0 saturated carbocycles. The minimum atomic E-state index is -0.912. The molecule has 0 rings (SSSR count). The molecular weight excluding hydrogens is 224 g/mol. The molecule has 6 heteroatoms. The van der Waals surface area contributed by atoms with Crippen molar-refractivity contribution in [2.75, 3.05) is 20.3 Å². The molecule has 2 atom stereocenters. The van der Waals surface area contributed by atoms with E-state index in [2.05, 4.69) is 10.6 Å². The third-order valence-corrected chi connectivity index (χ3v) is 2.31. The Kier molecular flexibility index (Phi) is 8.13. The summed E-state index contributed by atoms with van der Waals surface area (Å²) in [5, 5.41) is 13.9. The molecular formula is C11H22N2O4. The molecule has 0 bridgehead atoms. The fourth-order valence-corrected chi connectivity index (χ4v) is 1.36. The first-order chi connectivity index (χ1) is 7.99. The van der Waals surface area contributed by atoms with E-state index in [0.29, 0.717) is 19.6 Å². The van der Waals surface area contributed by atoms with Crippen molar-refractivity contribution in [2.45, 2.75) is 32.7 Å². The SMILES string of the molecule is CCC(CC(=O)O)NC(=O)NCC(C)COC. The van der Waals surface area contributed by atoms with Crippen LogP contribution in [0.4, 0.5) is 4.79 Å². The highest BCUT2D eigenvalue weighted by molar-refractivity contribution is 5.75. The average molecular weight is 246 g/mol. The van der Waals surface area contributed by atoms with Gasteiger partial charge < -0.3 is 20.5 Å². The zero-order valence-corrected chi connectivity index (χ0v) is 10.7. The van der Waals surface area contributed by atoms with Gasteiger partial charge in [-0.3, -0.25) is 4.79 Å². The molecule has 17 heavy (non-hydrogen) atoms. The van der Waals surface area contributed by atoms with E-state index in [1.807, 2.05) is 13.8 Å². The zero-order chi connectivity index (χ0) is 13.3. The molecule has 0 aromatic carbocycles. The van der Waals surface area contributed by atoms with Gasteiger partial charge >= 0.3 is 12.0 Å². The molecule has 2 amide bonds. The minimum absolute atomic E-state index is 0.0580. The van der Waals surface area contributed by atoms with Crippen LogP contribution in [0.5, 0.6) is 0 Å². The molecule has 0 fully saturated rings. The molecule has 6 nitrogen and oxygen atoms in total. The van der Waals surface area contributed by atoms with Crippen LogP contribution in [0.1, 0.15) is 26.7 Å². The van der Waals surface area contributed by atoms with Crippen LogP contribution in [0.3, 0.4) is 0 Å². The van der Waals surface area contributed by atoms with Crippen LogP contribution in [0.15, 0.2) is 0 Å². The summed E-state index contributed by atoms with van der Waals surface area (Å²) in [5.74, 6) is -0.685. The Hall–Kier alpha value is -1.30. The van der Waals surface area contributed by atoms with Crippen molar-refractivity contribution in [1.29, 1.82) is 0 Å². The molecule has 0 spiro atoms. The highest BCUT2D eigenvalue weighted by Gasteiger charge is 2.14. The van der Waals surface area contributed by atoms with Gasteiger partial charge in [-0.05, 0) is 12.3 Å². The Balaban J connectivity index is 3.86. The van der Waals surface area contributed by atoms with E-state index in [1.54, 1.807) is 7.11 Å². The van der Waals surface area contributed by atoms with E-state index in [-0.39, 0.29) is 24.4 Å². The van der Waals surface area contributed by atoms with Crippen LogP contribution >= 0.6 is 0 Å². The predicted octanol–water partition coefficient (Wildman–Crippen LogP) is 0.821. The summed E-state index contributed by atoms with van der Waals surface area (Å²) in [5.41, 5.74) is 0. The molecule has 0 radical (unpaired) electrons. The Bertz CT molecular complexity index is 246. The molecule has 2 unspecified atom stereocenters. The lowest BCUT2D eigenvalue weighted by molar-refractivity contribution is -0.137. The summed E-state index contributed by atoms with van der Waals surface area (Å²) < 4.78 is 4.94. The van der Waals surface area contributed by atoms with Gasteiger partial charge in [0.2, 0.25) is 0 Å². The Labute approximate surface area is 102 Å². The Morgan fingerprint density at radius 1 is 1.41 bits per heavy atom. The van der Waals surface area contributed by atoms with Gasteiger partial charge in [0.05, 0.1) is 13.0 Å². The third-order valence-electron chi connectivity index (χ3n) is 2.31. The predicted molar refractivity (Wildman–Crippen MR) is 63.9 cm³/mol. The van der Waals surface area contributed by atoms with E-state index in [9.17, 15) is 9.59 Å². The fraction of sp³-hybridized carbons (Fsp3) is 0.818. The summed E-state index contributed by atoms with van der Waals surface area (Å²) in [6.07, 6.45) is 0.533. The molecule has 0 saturated heterocycles. The smallest absolute Gasteiger partial charge is 0.315 e. The molecule has 0 heterocycles. The average Bonchev–Trinajstić information content (AvgIpc) is 2.25. The quantitative estimate of drug-likeness (QED) is 0.591. The molecule has 0 aliphatic carbocycles. The van der Waals surface area contributed by atoms with Crippen molar-refractivity contribution in [1.82, 2.24) is 10.6 Å². The number of hydrogen-bond donors (Lipinski definition) is 3. The first-order valence-corrected chi connectivity index (χ1v) is 5.74. The number of carbonyl (C=O) groups is 2. The number of rotatable bonds is 8. The zero-order valence-electron chi connectivity index (χ0n) is 10.7. The lowest BCUT2D eigenvalue weighted by atomic mass is 10.1.